The number of carbonyl (C=O) groups excluding carboxylic acids is 1. The van der Waals surface area contributed by atoms with Crippen LogP contribution < -0.4 is 5.32 Å². The molecule has 1 saturated heterocycles. The van der Waals surface area contributed by atoms with Gasteiger partial charge in [-0.05, 0) is 37.9 Å². The van der Waals surface area contributed by atoms with Crippen LogP contribution in [0.4, 0.5) is 0 Å². The summed E-state index contributed by atoms with van der Waals surface area (Å²) in [5.41, 5.74) is -0.789. The number of rotatable bonds is 5. The molecule has 1 heterocycles. The van der Waals surface area contributed by atoms with Crippen molar-refractivity contribution in [3.8, 4) is 0 Å². The van der Waals surface area contributed by atoms with E-state index in [1.54, 1.807) is 18.7 Å². The number of hydrogen-bond donors (Lipinski definition) is 2. The zero-order valence-corrected chi connectivity index (χ0v) is 12.0. The van der Waals surface area contributed by atoms with Gasteiger partial charge in [-0.1, -0.05) is 20.3 Å². The first-order valence-electron chi connectivity index (χ1n) is 6.52. The highest BCUT2D eigenvalue weighted by molar-refractivity contribution is 8.00. The van der Waals surface area contributed by atoms with Gasteiger partial charge in [0.2, 0.25) is 5.91 Å². The van der Waals surface area contributed by atoms with Crippen LogP contribution in [0.3, 0.4) is 0 Å². The van der Waals surface area contributed by atoms with Crippen LogP contribution in [-0.2, 0) is 4.79 Å². The molecule has 2 unspecified atom stereocenters. The minimum atomic E-state index is -0.789. The molecule has 100 valence electrons. The van der Waals surface area contributed by atoms with Crippen LogP contribution in [0.15, 0.2) is 0 Å². The molecule has 0 aromatic heterocycles. The monoisotopic (exact) mass is 259 g/mol. The van der Waals surface area contributed by atoms with Crippen molar-refractivity contribution >= 4 is 17.7 Å². The van der Waals surface area contributed by atoms with E-state index in [1.807, 2.05) is 0 Å². The summed E-state index contributed by atoms with van der Waals surface area (Å²) in [4.78, 5) is 11.9. The largest absolute Gasteiger partial charge is 0.388 e. The average molecular weight is 259 g/mol. The van der Waals surface area contributed by atoms with Crippen LogP contribution in [0.5, 0.6) is 0 Å². The molecule has 3 nitrogen and oxygen atoms in total. The van der Waals surface area contributed by atoms with Crippen molar-refractivity contribution in [3.63, 3.8) is 0 Å². The van der Waals surface area contributed by atoms with Gasteiger partial charge in [-0.15, -0.1) is 11.8 Å². The Bertz CT molecular complexity index is 248. The molecule has 4 heteroatoms. The van der Waals surface area contributed by atoms with Crippen molar-refractivity contribution in [2.45, 2.75) is 57.3 Å². The van der Waals surface area contributed by atoms with E-state index >= 15 is 0 Å². The number of amides is 1. The molecule has 17 heavy (non-hydrogen) atoms. The summed E-state index contributed by atoms with van der Waals surface area (Å²) < 4.78 is 0. The molecule has 1 amide bonds. The predicted octanol–water partition coefficient (Wildman–Crippen LogP) is 2.19. The van der Waals surface area contributed by atoms with Crippen LogP contribution in [0.25, 0.3) is 0 Å². The first-order valence-corrected chi connectivity index (χ1v) is 7.57. The summed E-state index contributed by atoms with van der Waals surface area (Å²) in [6.45, 7) is 6.31. The van der Waals surface area contributed by atoms with E-state index in [0.29, 0.717) is 18.9 Å². The molecule has 0 spiro atoms. The number of aliphatic hydroxyl groups is 1. The number of nitrogens with one attached hydrogen (secondary N) is 1. The first-order chi connectivity index (χ1) is 7.91. The van der Waals surface area contributed by atoms with Gasteiger partial charge in [0.25, 0.3) is 0 Å². The Balaban J connectivity index is 2.31. The minimum Gasteiger partial charge on any atom is -0.388 e. The van der Waals surface area contributed by atoms with Crippen LogP contribution in [0, 0.1) is 5.92 Å². The number of carbonyl (C=O) groups is 1. The predicted molar refractivity (Wildman–Crippen MR) is 73.2 cm³/mol. The summed E-state index contributed by atoms with van der Waals surface area (Å²) >= 11 is 1.74. The molecule has 1 rings (SSSR count). The lowest BCUT2D eigenvalue weighted by atomic mass is 9.94. The van der Waals surface area contributed by atoms with Gasteiger partial charge in [0.05, 0.1) is 10.9 Å². The third-order valence-electron chi connectivity index (χ3n) is 2.96. The van der Waals surface area contributed by atoms with Gasteiger partial charge in [-0.2, -0.15) is 0 Å². The summed E-state index contributed by atoms with van der Waals surface area (Å²) in [5.74, 6) is 1.62. The Morgan fingerprint density at radius 1 is 1.53 bits per heavy atom. The Morgan fingerprint density at radius 2 is 2.24 bits per heavy atom. The van der Waals surface area contributed by atoms with Gasteiger partial charge in [-0.3, -0.25) is 4.79 Å². The summed E-state index contributed by atoms with van der Waals surface area (Å²) in [7, 11) is 0. The van der Waals surface area contributed by atoms with Gasteiger partial charge in [0.1, 0.15) is 0 Å². The second-order valence-corrected chi connectivity index (χ2v) is 6.98. The molecule has 1 fully saturated rings. The molecule has 2 N–H and O–H groups in total. The third-order valence-corrected chi connectivity index (χ3v) is 4.34. The Morgan fingerprint density at radius 3 is 2.76 bits per heavy atom. The lowest BCUT2D eigenvalue weighted by Crippen LogP contribution is -2.44. The van der Waals surface area contributed by atoms with E-state index in [2.05, 4.69) is 19.2 Å². The number of thioether (sulfide) groups is 1. The van der Waals surface area contributed by atoms with Crippen molar-refractivity contribution in [1.82, 2.24) is 5.32 Å². The van der Waals surface area contributed by atoms with E-state index in [4.69, 9.17) is 0 Å². The van der Waals surface area contributed by atoms with Crippen molar-refractivity contribution in [2.75, 3.05) is 12.3 Å². The highest BCUT2D eigenvalue weighted by atomic mass is 32.2. The minimum absolute atomic E-state index is 0.0959. The highest BCUT2D eigenvalue weighted by Crippen LogP contribution is 2.25. The van der Waals surface area contributed by atoms with Gasteiger partial charge >= 0.3 is 0 Å². The third kappa shape index (κ3) is 5.77. The Labute approximate surface area is 109 Å². The normalized spacial score (nSPS) is 24.4. The molecule has 0 aromatic rings. The van der Waals surface area contributed by atoms with Gasteiger partial charge in [0.15, 0.2) is 0 Å². The van der Waals surface area contributed by atoms with Crippen LogP contribution in [-0.4, -0.2) is 34.2 Å². The zero-order valence-electron chi connectivity index (χ0n) is 11.2. The smallest absolute Gasteiger partial charge is 0.233 e. The molecule has 1 aliphatic heterocycles. The van der Waals surface area contributed by atoms with E-state index in [1.165, 1.54) is 6.42 Å². The van der Waals surface area contributed by atoms with Crippen LogP contribution >= 0.6 is 11.8 Å². The second-order valence-electron chi connectivity index (χ2n) is 5.67. The summed E-state index contributed by atoms with van der Waals surface area (Å²) in [5, 5.41) is 13.1. The van der Waals surface area contributed by atoms with E-state index < -0.39 is 5.60 Å². The second kappa shape index (κ2) is 6.64. The maximum absolute atomic E-state index is 11.9. The lowest BCUT2D eigenvalue weighted by molar-refractivity contribution is -0.122. The first kappa shape index (κ1) is 14.8. The lowest BCUT2D eigenvalue weighted by Gasteiger charge is -2.27. The molecule has 1 aliphatic rings. The maximum Gasteiger partial charge on any atom is 0.233 e. The van der Waals surface area contributed by atoms with Crippen LogP contribution in [0.2, 0.25) is 0 Å². The topological polar surface area (TPSA) is 49.3 Å². The van der Waals surface area contributed by atoms with Gasteiger partial charge < -0.3 is 10.4 Å². The molecule has 0 aromatic carbocycles. The van der Waals surface area contributed by atoms with Crippen molar-refractivity contribution < 1.29 is 9.90 Å². The molecule has 0 bridgehead atoms. The Hall–Kier alpha value is -0.220. The quantitative estimate of drug-likeness (QED) is 0.795. The fraction of sp³-hybridized carbons (Fsp3) is 0.923. The van der Waals surface area contributed by atoms with Gasteiger partial charge in [-0.25, -0.2) is 0 Å². The molecule has 2 atom stereocenters. The Kier molecular flexibility index (Phi) is 5.80. The molecule has 0 saturated carbocycles. The number of hydrogen-bond acceptors (Lipinski definition) is 3. The molecule has 0 radical (unpaired) electrons. The van der Waals surface area contributed by atoms with E-state index in [-0.39, 0.29) is 11.2 Å². The fourth-order valence-corrected chi connectivity index (χ4v) is 3.51. The summed E-state index contributed by atoms with van der Waals surface area (Å²) in [6.07, 6.45) is 4.06. The molecular formula is C13H25NO2S. The van der Waals surface area contributed by atoms with E-state index in [0.717, 1.165) is 18.6 Å². The molecule has 0 aliphatic carbocycles. The van der Waals surface area contributed by atoms with Crippen LogP contribution in [0.1, 0.15) is 46.5 Å². The highest BCUT2D eigenvalue weighted by Gasteiger charge is 2.26. The maximum atomic E-state index is 11.9. The van der Waals surface area contributed by atoms with E-state index in [9.17, 15) is 9.90 Å². The summed E-state index contributed by atoms with van der Waals surface area (Å²) in [6, 6.07) is 0. The standard InChI is InChI=1S/C13H25NO2S/c1-10(2)8-13(3,16)9-14-12(15)11-6-4-5-7-17-11/h10-11,16H,4-9H2,1-3H3,(H,14,15). The van der Waals surface area contributed by atoms with Crippen molar-refractivity contribution in [2.24, 2.45) is 5.92 Å². The van der Waals surface area contributed by atoms with Crippen molar-refractivity contribution in [1.29, 1.82) is 0 Å². The SMILES string of the molecule is CC(C)CC(C)(O)CNC(=O)C1CCCCS1. The zero-order chi connectivity index (χ0) is 12.9. The van der Waals surface area contributed by atoms with Gasteiger partial charge in [0, 0.05) is 6.54 Å². The fourth-order valence-electron chi connectivity index (χ4n) is 2.29. The molecular weight excluding hydrogens is 234 g/mol. The average Bonchev–Trinajstić information content (AvgIpc) is 2.25. The van der Waals surface area contributed by atoms with Crippen molar-refractivity contribution in [3.05, 3.63) is 0 Å².